The van der Waals surface area contributed by atoms with E-state index >= 15 is 0 Å². The third kappa shape index (κ3) is 14.0. The Labute approximate surface area is 115 Å². The Morgan fingerprint density at radius 2 is 1.72 bits per heavy atom. The molecule has 0 saturated carbocycles. The minimum atomic E-state index is 0.732. The quantitative estimate of drug-likeness (QED) is 0.498. The molecule has 0 saturated heterocycles. The fourth-order valence-corrected chi connectivity index (χ4v) is 2.06. The van der Waals surface area contributed by atoms with Crippen LogP contribution < -0.4 is 5.32 Å². The largest absolute Gasteiger partial charge is 0.381 e. The van der Waals surface area contributed by atoms with Crippen LogP contribution >= 0.6 is 0 Å². The molecule has 0 fully saturated rings. The highest BCUT2D eigenvalue weighted by atomic mass is 16.5. The zero-order chi connectivity index (χ0) is 13.6. The Morgan fingerprint density at radius 3 is 2.39 bits per heavy atom. The second kappa shape index (κ2) is 13.4. The van der Waals surface area contributed by atoms with E-state index in [9.17, 15) is 0 Å². The molecule has 1 atom stereocenters. The highest BCUT2D eigenvalue weighted by Gasteiger charge is 2.00. The molecule has 18 heavy (non-hydrogen) atoms. The lowest BCUT2D eigenvalue weighted by molar-refractivity contribution is 0.0983. The number of rotatable bonds is 13. The third-order valence-electron chi connectivity index (χ3n) is 3.13. The molecule has 0 aliphatic rings. The molecule has 2 nitrogen and oxygen atoms in total. The molecule has 110 valence electrons. The van der Waals surface area contributed by atoms with Gasteiger partial charge in [0.1, 0.15) is 0 Å². The summed E-state index contributed by atoms with van der Waals surface area (Å²) in [5.74, 6) is 1.50. The number of hydrogen-bond acceptors (Lipinski definition) is 2. The summed E-state index contributed by atoms with van der Waals surface area (Å²) >= 11 is 0. The molecule has 2 heteroatoms. The van der Waals surface area contributed by atoms with Gasteiger partial charge in [0.25, 0.3) is 0 Å². The molecule has 0 bridgehead atoms. The summed E-state index contributed by atoms with van der Waals surface area (Å²) < 4.78 is 5.69. The Bertz CT molecular complexity index is 159. The van der Waals surface area contributed by atoms with Gasteiger partial charge in [-0.2, -0.15) is 0 Å². The SMILES string of the molecule is CCCC(C)COCCCCCCNCC(C)C. The first-order chi connectivity index (χ1) is 8.66. The molecule has 0 aromatic carbocycles. The van der Waals surface area contributed by atoms with Crippen molar-refractivity contribution in [1.82, 2.24) is 5.32 Å². The van der Waals surface area contributed by atoms with Crippen LogP contribution in [0.5, 0.6) is 0 Å². The van der Waals surface area contributed by atoms with Gasteiger partial charge in [-0.15, -0.1) is 0 Å². The van der Waals surface area contributed by atoms with Crippen LogP contribution in [0.2, 0.25) is 0 Å². The topological polar surface area (TPSA) is 21.3 Å². The maximum absolute atomic E-state index is 5.69. The number of ether oxygens (including phenoxy) is 1. The maximum atomic E-state index is 5.69. The minimum Gasteiger partial charge on any atom is -0.381 e. The molecular weight excluding hydrogens is 222 g/mol. The molecule has 0 amide bonds. The third-order valence-corrected chi connectivity index (χ3v) is 3.13. The Hall–Kier alpha value is -0.0800. The molecule has 0 aromatic heterocycles. The number of nitrogens with one attached hydrogen (secondary N) is 1. The van der Waals surface area contributed by atoms with Gasteiger partial charge in [-0.25, -0.2) is 0 Å². The van der Waals surface area contributed by atoms with Crippen LogP contribution in [-0.2, 0) is 4.74 Å². The first-order valence-corrected chi connectivity index (χ1v) is 7.95. The average Bonchev–Trinajstić information content (AvgIpc) is 2.31. The highest BCUT2D eigenvalue weighted by molar-refractivity contribution is 4.53. The van der Waals surface area contributed by atoms with E-state index in [1.54, 1.807) is 0 Å². The molecule has 0 spiro atoms. The van der Waals surface area contributed by atoms with Crippen molar-refractivity contribution >= 4 is 0 Å². The lowest BCUT2D eigenvalue weighted by atomic mass is 10.1. The van der Waals surface area contributed by atoms with E-state index in [0.29, 0.717) is 0 Å². The van der Waals surface area contributed by atoms with E-state index in [4.69, 9.17) is 4.74 Å². The predicted molar refractivity (Wildman–Crippen MR) is 81.1 cm³/mol. The van der Waals surface area contributed by atoms with E-state index in [2.05, 4.69) is 33.0 Å². The van der Waals surface area contributed by atoms with Crippen molar-refractivity contribution < 1.29 is 4.74 Å². The Morgan fingerprint density at radius 1 is 1.00 bits per heavy atom. The van der Waals surface area contributed by atoms with Crippen LogP contribution in [0.15, 0.2) is 0 Å². The molecule has 0 aromatic rings. The van der Waals surface area contributed by atoms with Crippen LogP contribution in [0, 0.1) is 11.8 Å². The summed E-state index contributed by atoms with van der Waals surface area (Å²) in [5.41, 5.74) is 0. The van der Waals surface area contributed by atoms with E-state index in [1.165, 1.54) is 45.1 Å². The Kier molecular flexibility index (Phi) is 13.3. The van der Waals surface area contributed by atoms with Crippen molar-refractivity contribution in [2.75, 3.05) is 26.3 Å². The summed E-state index contributed by atoms with van der Waals surface area (Å²) in [6.45, 7) is 13.3. The van der Waals surface area contributed by atoms with Crippen molar-refractivity contribution in [3.8, 4) is 0 Å². The molecular formula is C16H35NO. The van der Waals surface area contributed by atoms with Crippen LogP contribution in [0.3, 0.4) is 0 Å². The zero-order valence-electron chi connectivity index (χ0n) is 13.1. The maximum Gasteiger partial charge on any atom is 0.0491 e. The molecule has 0 radical (unpaired) electrons. The van der Waals surface area contributed by atoms with E-state index in [-0.39, 0.29) is 0 Å². The van der Waals surface area contributed by atoms with Crippen molar-refractivity contribution in [2.45, 2.75) is 66.2 Å². The smallest absolute Gasteiger partial charge is 0.0491 e. The summed E-state index contributed by atoms with van der Waals surface area (Å²) in [7, 11) is 0. The summed E-state index contributed by atoms with van der Waals surface area (Å²) in [6, 6.07) is 0. The fourth-order valence-electron chi connectivity index (χ4n) is 2.06. The minimum absolute atomic E-state index is 0.732. The van der Waals surface area contributed by atoms with Crippen LogP contribution in [0.1, 0.15) is 66.2 Å². The fraction of sp³-hybridized carbons (Fsp3) is 1.00. The molecule has 0 rings (SSSR count). The van der Waals surface area contributed by atoms with Crippen molar-refractivity contribution in [3.05, 3.63) is 0 Å². The molecule has 0 aliphatic carbocycles. The molecule has 1 N–H and O–H groups in total. The normalized spacial score (nSPS) is 13.2. The Balaban J connectivity index is 3.03. The standard InChI is InChI=1S/C16H35NO/c1-5-10-16(4)14-18-12-9-7-6-8-11-17-13-15(2)3/h15-17H,5-14H2,1-4H3. The van der Waals surface area contributed by atoms with Crippen LogP contribution in [-0.4, -0.2) is 26.3 Å². The molecule has 0 aliphatic heterocycles. The van der Waals surface area contributed by atoms with Crippen LogP contribution in [0.4, 0.5) is 0 Å². The first kappa shape index (κ1) is 17.9. The van der Waals surface area contributed by atoms with E-state index in [0.717, 1.165) is 31.6 Å². The van der Waals surface area contributed by atoms with Crippen molar-refractivity contribution in [2.24, 2.45) is 11.8 Å². The van der Waals surface area contributed by atoms with Gasteiger partial charge >= 0.3 is 0 Å². The van der Waals surface area contributed by atoms with Gasteiger partial charge in [0, 0.05) is 13.2 Å². The summed E-state index contributed by atoms with van der Waals surface area (Å²) in [4.78, 5) is 0. The van der Waals surface area contributed by atoms with Gasteiger partial charge in [0.05, 0.1) is 0 Å². The number of unbranched alkanes of at least 4 members (excludes halogenated alkanes) is 3. The van der Waals surface area contributed by atoms with Gasteiger partial charge in [-0.05, 0) is 44.2 Å². The van der Waals surface area contributed by atoms with Crippen molar-refractivity contribution in [3.63, 3.8) is 0 Å². The second-order valence-electron chi connectivity index (χ2n) is 5.98. The van der Waals surface area contributed by atoms with E-state index < -0.39 is 0 Å². The van der Waals surface area contributed by atoms with Gasteiger partial charge in [0.2, 0.25) is 0 Å². The lowest BCUT2D eigenvalue weighted by Gasteiger charge is -2.10. The van der Waals surface area contributed by atoms with Gasteiger partial charge in [-0.3, -0.25) is 0 Å². The second-order valence-corrected chi connectivity index (χ2v) is 5.98. The zero-order valence-corrected chi connectivity index (χ0v) is 13.1. The molecule has 1 unspecified atom stereocenters. The average molecular weight is 257 g/mol. The number of hydrogen-bond donors (Lipinski definition) is 1. The molecule has 0 heterocycles. The summed E-state index contributed by atoms with van der Waals surface area (Å²) in [6.07, 6.45) is 7.74. The van der Waals surface area contributed by atoms with Crippen LogP contribution in [0.25, 0.3) is 0 Å². The highest BCUT2D eigenvalue weighted by Crippen LogP contribution is 2.06. The first-order valence-electron chi connectivity index (χ1n) is 7.95. The predicted octanol–water partition coefficient (Wildman–Crippen LogP) is 4.25. The van der Waals surface area contributed by atoms with E-state index in [1.807, 2.05) is 0 Å². The van der Waals surface area contributed by atoms with Crippen molar-refractivity contribution in [1.29, 1.82) is 0 Å². The summed E-state index contributed by atoms with van der Waals surface area (Å²) in [5, 5.41) is 3.48. The monoisotopic (exact) mass is 257 g/mol. The van der Waals surface area contributed by atoms with Gasteiger partial charge in [0.15, 0.2) is 0 Å². The van der Waals surface area contributed by atoms with Gasteiger partial charge < -0.3 is 10.1 Å². The lowest BCUT2D eigenvalue weighted by Crippen LogP contribution is -2.20. The van der Waals surface area contributed by atoms with Gasteiger partial charge in [-0.1, -0.05) is 47.0 Å².